The summed E-state index contributed by atoms with van der Waals surface area (Å²) in [7, 11) is -1.16. The molecule has 0 unspecified atom stereocenters. The number of hydrogen-bond donors (Lipinski definition) is 3. The van der Waals surface area contributed by atoms with Gasteiger partial charge in [-0.15, -0.1) is 0 Å². The van der Waals surface area contributed by atoms with Gasteiger partial charge in [-0.25, -0.2) is 0 Å². The van der Waals surface area contributed by atoms with E-state index in [0.717, 1.165) is 11.5 Å². The molecule has 5 heteroatoms. The highest BCUT2D eigenvalue weighted by Crippen LogP contribution is 2.01. The first-order chi connectivity index (χ1) is 4.27. The smallest absolute Gasteiger partial charge is 0.427 e. The van der Waals surface area contributed by atoms with Crippen molar-refractivity contribution in [2.24, 2.45) is 5.73 Å². The second kappa shape index (κ2) is 6.42. The summed E-state index contributed by atoms with van der Waals surface area (Å²) in [6.45, 7) is 0.659. The highest BCUT2D eigenvalue weighted by atomic mass is 32.2. The highest BCUT2D eigenvalue weighted by Gasteiger charge is 2.03. The molecule has 0 heterocycles. The fraction of sp³-hybridized carbons (Fsp3) is 1.00. The molecule has 0 aromatic carbocycles. The van der Waals surface area contributed by atoms with E-state index in [0.29, 0.717) is 12.9 Å². The quantitative estimate of drug-likeness (QED) is 0.352. The molecule has 3 nitrogen and oxygen atoms in total. The zero-order valence-electron chi connectivity index (χ0n) is 5.29. The maximum Gasteiger partial charge on any atom is 0.452 e. The largest absolute Gasteiger partial charge is 0.452 e. The molecule has 9 heavy (non-hydrogen) atoms. The SMILES string of the molecule is NCCSCCB(O)O. The van der Waals surface area contributed by atoms with E-state index in [1.165, 1.54) is 0 Å². The Morgan fingerprint density at radius 3 is 2.44 bits per heavy atom. The van der Waals surface area contributed by atoms with Gasteiger partial charge in [-0.3, -0.25) is 0 Å². The predicted molar refractivity (Wildman–Crippen MR) is 41.4 cm³/mol. The van der Waals surface area contributed by atoms with Crippen molar-refractivity contribution >= 4 is 18.9 Å². The first-order valence-corrected chi connectivity index (χ1v) is 4.06. The summed E-state index contributed by atoms with van der Waals surface area (Å²) in [5, 5.41) is 16.7. The van der Waals surface area contributed by atoms with Crippen LogP contribution in [0.5, 0.6) is 0 Å². The molecular formula is C4H12BNO2S. The van der Waals surface area contributed by atoms with Crippen molar-refractivity contribution in [1.82, 2.24) is 0 Å². The zero-order chi connectivity index (χ0) is 7.11. The summed E-state index contributed by atoms with van der Waals surface area (Å²) in [5.74, 6) is 1.67. The zero-order valence-corrected chi connectivity index (χ0v) is 6.10. The summed E-state index contributed by atoms with van der Waals surface area (Å²) in [6.07, 6.45) is 0.435. The molecule has 0 rings (SSSR count). The second-order valence-electron chi connectivity index (χ2n) is 1.67. The second-order valence-corrected chi connectivity index (χ2v) is 2.90. The molecule has 0 aromatic heterocycles. The summed E-state index contributed by atoms with van der Waals surface area (Å²) in [5.41, 5.74) is 5.20. The average molecular weight is 149 g/mol. The van der Waals surface area contributed by atoms with E-state index in [-0.39, 0.29) is 0 Å². The van der Waals surface area contributed by atoms with Gasteiger partial charge in [0.1, 0.15) is 0 Å². The third kappa shape index (κ3) is 8.29. The van der Waals surface area contributed by atoms with Crippen molar-refractivity contribution < 1.29 is 10.0 Å². The number of rotatable bonds is 5. The minimum absolute atomic E-state index is 0.435. The monoisotopic (exact) mass is 149 g/mol. The van der Waals surface area contributed by atoms with Crippen LogP contribution in [-0.4, -0.2) is 35.2 Å². The highest BCUT2D eigenvalue weighted by molar-refractivity contribution is 7.99. The van der Waals surface area contributed by atoms with Gasteiger partial charge in [0.2, 0.25) is 0 Å². The lowest BCUT2D eigenvalue weighted by atomic mass is 9.88. The van der Waals surface area contributed by atoms with E-state index in [1.54, 1.807) is 11.8 Å². The molecule has 0 saturated carbocycles. The maximum absolute atomic E-state index is 8.36. The first kappa shape index (κ1) is 9.29. The van der Waals surface area contributed by atoms with Crippen molar-refractivity contribution in [3.8, 4) is 0 Å². The van der Waals surface area contributed by atoms with Crippen LogP contribution in [0, 0.1) is 0 Å². The summed E-state index contributed by atoms with van der Waals surface area (Å²) in [4.78, 5) is 0. The van der Waals surface area contributed by atoms with Gasteiger partial charge in [-0.1, -0.05) is 0 Å². The minimum Gasteiger partial charge on any atom is -0.427 e. The molecule has 4 N–H and O–H groups in total. The van der Waals surface area contributed by atoms with Crippen LogP contribution < -0.4 is 5.73 Å². The van der Waals surface area contributed by atoms with E-state index < -0.39 is 7.12 Å². The van der Waals surface area contributed by atoms with Gasteiger partial charge >= 0.3 is 7.12 Å². The molecule has 0 spiro atoms. The van der Waals surface area contributed by atoms with Gasteiger partial charge in [-0.2, -0.15) is 11.8 Å². The predicted octanol–water partition coefficient (Wildman–Crippen LogP) is -0.849. The lowest BCUT2D eigenvalue weighted by Gasteiger charge is -1.96. The van der Waals surface area contributed by atoms with Crippen LogP contribution in [0.1, 0.15) is 0 Å². The van der Waals surface area contributed by atoms with Crippen molar-refractivity contribution in [1.29, 1.82) is 0 Å². The van der Waals surface area contributed by atoms with Gasteiger partial charge in [0.15, 0.2) is 0 Å². The summed E-state index contributed by atoms with van der Waals surface area (Å²) >= 11 is 1.64. The molecule has 0 radical (unpaired) electrons. The van der Waals surface area contributed by atoms with Crippen LogP contribution in [0.3, 0.4) is 0 Å². The molecule has 0 saturated heterocycles. The van der Waals surface area contributed by atoms with E-state index in [1.807, 2.05) is 0 Å². The van der Waals surface area contributed by atoms with Crippen molar-refractivity contribution in [2.45, 2.75) is 6.32 Å². The van der Waals surface area contributed by atoms with E-state index in [4.69, 9.17) is 15.8 Å². The van der Waals surface area contributed by atoms with Gasteiger partial charge in [0.05, 0.1) is 0 Å². The van der Waals surface area contributed by atoms with Crippen LogP contribution in [-0.2, 0) is 0 Å². The first-order valence-electron chi connectivity index (χ1n) is 2.91. The molecule has 0 amide bonds. The van der Waals surface area contributed by atoms with Crippen LogP contribution in [0.2, 0.25) is 6.32 Å². The fourth-order valence-electron chi connectivity index (χ4n) is 0.374. The number of thioether (sulfide) groups is 1. The Morgan fingerprint density at radius 2 is 2.00 bits per heavy atom. The third-order valence-electron chi connectivity index (χ3n) is 0.783. The van der Waals surface area contributed by atoms with Gasteiger partial charge in [0, 0.05) is 12.3 Å². The van der Waals surface area contributed by atoms with Crippen LogP contribution >= 0.6 is 11.8 Å². The van der Waals surface area contributed by atoms with E-state index in [9.17, 15) is 0 Å². The molecule has 0 fully saturated rings. The third-order valence-corrected chi connectivity index (χ3v) is 1.83. The van der Waals surface area contributed by atoms with E-state index >= 15 is 0 Å². The summed E-state index contributed by atoms with van der Waals surface area (Å²) < 4.78 is 0. The summed E-state index contributed by atoms with van der Waals surface area (Å²) in [6, 6.07) is 0. The number of nitrogens with two attached hydrogens (primary N) is 1. The van der Waals surface area contributed by atoms with Gasteiger partial charge in [-0.05, 0) is 12.1 Å². The van der Waals surface area contributed by atoms with Crippen molar-refractivity contribution in [3.05, 3.63) is 0 Å². The van der Waals surface area contributed by atoms with Gasteiger partial charge < -0.3 is 15.8 Å². The Kier molecular flexibility index (Phi) is 6.63. The Bertz CT molecular complexity index is 64.5. The molecule has 0 bridgehead atoms. The molecule has 0 aliphatic carbocycles. The van der Waals surface area contributed by atoms with Gasteiger partial charge in [0.25, 0.3) is 0 Å². The Morgan fingerprint density at radius 1 is 1.33 bits per heavy atom. The lowest BCUT2D eigenvalue weighted by Crippen LogP contribution is -2.11. The van der Waals surface area contributed by atoms with Crippen molar-refractivity contribution in [2.75, 3.05) is 18.1 Å². The lowest BCUT2D eigenvalue weighted by molar-refractivity contribution is 0.408. The van der Waals surface area contributed by atoms with E-state index in [2.05, 4.69) is 0 Å². The normalized spacial score (nSPS) is 9.67. The minimum atomic E-state index is -1.16. The Hall–Kier alpha value is 0.295. The molecule has 0 aromatic rings. The Balaban J connectivity index is 2.75. The topological polar surface area (TPSA) is 66.5 Å². The molecule has 0 aliphatic heterocycles. The molecule has 54 valence electrons. The van der Waals surface area contributed by atoms with Crippen molar-refractivity contribution in [3.63, 3.8) is 0 Å². The molecule has 0 atom stereocenters. The van der Waals surface area contributed by atoms with Crippen LogP contribution in [0.25, 0.3) is 0 Å². The molecular weight excluding hydrogens is 137 g/mol. The van der Waals surface area contributed by atoms with Crippen LogP contribution in [0.15, 0.2) is 0 Å². The fourth-order valence-corrected chi connectivity index (χ4v) is 1.12. The maximum atomic E-state index is 8.36. The number of hydrogen-bond acceptors (Lipinski definition) is 4. The Labute approximate surface area is 59.8 Å². The molecule has 0 aliphatic rings. The average Bonchev–Trinajstić information content (AvgIpc) is 1.80. The standard InChI is InChI=1S/C4H12BNO2S/c6-2-4-9-3-1-5(7)8/h7-8H,1-4,6H2. The van der Waals surface area contributed by atoms with Crippen LogP contribution in [0.4, 0.5) is 0 Å².